The minimum Gasteiger partial charge on any atom is -0.457 e. The number of sulfone groups is 1. The molecule has 0 fully saturated rings. The minimum atomic E-state index is -3.64. The Hall–Kier alpha value is -2.34. The highest BCUT2D eigenvalue weighted by atomic mass is 32.2. The molecule has 1 amide bonds. The van der Waals surface area contributed by atoms with E-state index in [2.05, 4.69) is 0 Å². The number of para-hydroxylation sites is 2. The normalized spacial score (nSPS) is 12.5. The molecule has 0 radical (unpaired) electrons. The Bertz CT molecular complexity index is 801. The fraction of sp³-hybridized carbons (Fsp3) is 0.278. The standard InChI is InChI=1S/C18H21NO4S/c1-14(18(20)19(2)3)24(21,22)13-15-9-7-8-12-17(15)23-16-10-5-4-6-11-16/h4-12,14H,13H2,1-3H3/t14-/m1/s1. The number of carbonyl (C=O) groups excluding carboxylic acids is 1. The first-order chi connectivity index (χ1) is 11.3. The highest BCUT2D eigenvalue weighted by molar-refractivity contribution is 7.92. The van der Waals surface area contributed by atoms with Crippen molar-refractivity contribution in [2.75, 3.05) is 14.1 Å². The van der Waals surface area contributed by atoms with Crippen LogP contribution in [0.15, 0.2) is 54.6 Å². The second-order valence-electron chi connectivity index (χ2n) is 5.70. The van der Waals surface area contributed by atoms with Gasteiger partial charge in [-0.25, -0.2) is 8.42 Å². The zero-order valence-electron chi connectivity index (χ0n) is 14.0. The molecule has 6 heteroatoms. The molecule has 0 bridgehead atoms. The molecule has 2 rings (SSSR count). The minimum absolute atomic E-state index is 0.253. The predicted molar refractivity (Wildman–Crippen MR) is 93.7 cm³/mol. The van der Waals surface area contributed by atoms with Gasteiger partial charge < -0.3 is 9.64 Å². The average Bonchev–Trinajstić information content (AvgIpc) is 2.56. The quantitative estimate of drug-likeness (QED) is 0.806. The van der Waals surface area contributed by atoms with E-state index in [1.54, 1.807) is 50.5 Å². The summed E-state index contributed by atoms with van der Waals surface area (Å²) in [7, 11) is -0.559. The van der Waals surface area contributed by atoms with Crippen molar-refractivity contribution in [1.29, 1.82) is 0 Å². The van der Waals surface area contributed by atoms with Crippen LogP contribution in [0, 0.1) is 0 Å². The van der Waals surface area contributed by atoms with Crippen molar-refractivity contribution < 1.29 is 17.9 Å². The molecule has 0 aliphatic heterocycles. The number of hydrogen-bond acceptors (Lipinski definition) is 4. The summed E-state index contributed by atoms with van der Waals surface area (Å²) in [4.78, 5) is 13.3. The summed E-state index contributed by atoms with van der Waals surface area (Å²) in [6.07, 6.45) is 0. The smallest absolute Gasteiger partial charge is 0.240 e. The lowest BCUT2D eigenvalue weighted by Gasteiger charge is -2.18. The predicted octanol–water partition coefficient (Wildman–Crippen LogP) is 2.87. The molecular weight excluding hydrogens is 326 g/mol. The Labute approximate surface area is 142 Å². The Balaban J connectivity index is 2.25. The van der Waals surface area contributed by atoms with E-state index >= 15 is 0 Å². The fourth-order valence-corrected chi connectivity index (χ4v) is 3.64. The Kier molecular flexibility index (Phi) is 5.62. The van der Waals surface area contributed by atoms with E-state index in [1.165, 1.54) is 11.8 Å². The number of benzene rings is 2. The van der Waals surface area contributed by atoms with Crippen molar-refractivity contribution in [3.05, 3.63) is 60.2 Å². The van der Waals surface area contributed by atoms with E-state index in [9.17, 15) is 13.2 Å². The van der Waals surface area contributed by atoms with E-state index in [0.717, 1.165) is 0 Å². The van der Waals surface area contributed by atoms with Crippen molar-refractivity contribution >= 4 is 15.7 Å². The number of nitrogens with zero attached hydrogens (tertiary/aromatic N) is 1. The maximum absolute atomic E-state index is 12.5. The Morgan fingerprint density at radius 1 is 1.04 bits per heavy atom. The van der Waals surface area contributed by atoms with Crippen LogP contribution in [-0.4, -0.2) is 38.6 Å². The van der Waals surface area contributed by atoms with Gasteiger partial charge in [-0.15, -0.1) is 0 Å². The molecule has 5 nitrogen and oxygen atoms in total. The van der Waals surface area contributed by atoms with Crippen LogP contribution in [0.1, 0.15) is 12.5 Å². The molecule has 0 aromatic heterocycles. The van der Waals surface area contributed by atoms with Crippen molar-refractivity contribution in [3.63, 3.8) is 0 Å². The van der Waals surface area contributed by atoms with Gasteiger partial charge in [-0.05, 0) is 25.1 Å². The highest BCUT2D eigenvalue weighted by Crippen LogP contribution is 2.27. The highest BCUT2D eigenvalue weighted by Gasteiger charge is 2.30. The summed E-state index contributed by atoms with van der Waals surface area (Å²) in [5.74, 6) is 0.407. The SMILES string of the molecule is C[C@H](C(=O)N(C)C)S(=O)(=O)Cc1ccccc1Oc1ccccc1. The van der Waals surface area contributed by atoms with Crippen molar-refractivity contribution in [3.8, 4) is 11.5 Å². The fourth-order valence-electron chi connectivity index (χ4n) is 2.20. The first kappa shape index (κ1) is 18.0. The van der Waals surface area contributed by atoms with Crippen LogP contribution in [-0.2, 0) is 20.4 Å². The first-order valence-electron chi connectivity index (χ1n) is 7.55. The molecule has 1 atom stereocenters. The molecule has 2 aromatic carbocycles. The summed E-state index contributed by atoms with van der Waals surface area (Å²) in [6, 6.07) is 16.1. The number of hydrogen-bond donors (Lipinski definition) is 0. The van der Waals surface area contributed by atoms with Gasteiger partial charge in [0.05, 0.1) is 5.75 Å². The lowest BCUT2D eigenvalue weighted by Crippen LogP contribution is -2.37. The lowest BCUT2D eigenvalue weighted by molar-refractivity contribution is -0.127. The molecule has 0 heterocycles. The third-order valence-electron chi connectivity index (χ3n) is 3.63. The van der Waals surface area contributed by atoms with Crippen LogP contribution in [0.3, 0.4) is 0 Å². The van der Waals surface area contributed by atoms with Crippen LogP contribution in [0.2, 0.25) is 0 Å². The third-order valence-corrected chi connectivity index (χ3v) is 5.62. The summed E-state index contributed by atoms with van der Waals surface area (Å²) >= 11 is 0. The Morgan fingerprint density at radius 3 is 2.25 bits per heavy atom. The Morgan fingerprint density at radius 2 is 1.62 bits per heavy atom. The van der Waals surface area contributed by atoms with Gasteiger partial charge in [-0.3, -0.25) is 4.79 Å². The van der Waals surface area contributed by atoms with Crippen LogP contribution in [0.4, 0.5) is 0 Å². The van der Waals surface area contributed by atoms with Gasteiger partial charge in [0.25, 0.3) is 0 Å². The van der Waals surface area contributed by atoms with Gasteiger partial charge in [0, 0.05) is 19.7 Å². The van der Waals surface area contributed by atoms with Crippen molar-refractivity contribution in [2.24, 2.45) is 0 Å². The molecule has 0 saturated heterocycles. The first-order valence-corrected chi connectivity index (χ1v) is 9.26. The number of ether oxygens (including phenoxy) is 1. The lowest BCUT2D eigenvalue weighted by atomic mass is 10.2. The second-order valence-corrected chi connectivity index (χ2v) is 8.03. The molecular formula is C18H21NO4S. The van der Waals surface area contributed by atoms with Gasteiger partial charge in [-0.2, -0.15) is 0 Å². The summed E-state index contributed by atoms with van der Waals surface area (Å²) in [6.45, 7) is 1.42. The monoisotopic (exact) mass is 347 g/mol. The van der Waals surface area contributed by atoms with Crippen LogP contribution in [0.25, 0.3) is 0 Å². The van der Waals surface area contributed by atoms with E-state index in [0.29, 0.717) is 17.1 Å². The molecule has 128 valence electrons. The van der Waals surface area contributed by atoms with Gasteiger partial charge >= 0.3 is 0 Å². The maximum atomic E-state index is 12.5. The zero-order valence-corrected chi connectivity index (χ0v) is 14.8. The average molecular weight is 347 g/mol. The molecule has 0 unspecified atom stereocenters. The number of amides is 1. The summed E-state index contributed by atoms with van der Waals surface area (Å²) in [5.41, 5.74) is 0.528. The molecule has 0 N–H and O–H groups in total. The van der Waals surface area contributed by atoms with E-state index in [4.69, 9.17) is 4.74 Å². The largest absolute Gasteiger partial charge is 0.457 e. The maximum Gasteiger partial charge on any atom is 0.240 e. The molecule has 0 aliphatic rings. The van der Waals surface area contributed by atoms with E-state index in [1.807, 2.05) is 18.2 Å². The van der Waals surface area contributed by atoms with Gasteiger partial charge in [0.15, 0.2) is 9.84 Å². The molecule has 2 aromatic rings. The van der Waals surface area contributed by atoms with Gasteiger partial charge in [0.2, 0.25) is 5.91 Å². The van der Waals surface area contributed by atoms with Gasteiger partial charge in [-0.1, -0.05) is 36.4 Å². The summed E-state index contributed by atoms with van der Waals surface area (Å²) < 4.78 is 30.9. The van der Waals surface area contributed by atoms with Crippen LogP contribution < -0.4 is 4.74 Å². The van der Waals surface area contributed by atoms with E-state index < -0.39 is 21.0 Å². The second kappa shape index (κ2) is 7.49. The van der Waals surface area contributed by atoms with Crippen molar-refractivity contribution in [2.45, 2.75) is 17.9 Å². The molecule has 0 saturated carbocycles. The van der Waals surface area contributed by atoms with Crippen LogP contribution >= 0.6 is 0 Å². The number of rotatable bonds is 6. The molecule has 0 spiro atoms. The summed E-state index contributed by atoms with van der Waals surface area (Å²) in [5, 5.41) is -1.10. The van der Waals surface area contributed by atoms with Gasteiger partial charge in [0.1, 0.15) is 16.7 Å². The molecule has 0 aliphatic carbocycles. The zero-order chi connectivity index (χ0) is 17.7. The van der Waals surface area contributed by atoms with E-state index in [-0.39, 0.29) is 5.75 Å². The topological polar surface area (TPSA) is 63.7 Å². The molecule has 24 heavy (non-hydrogen) atoms. The third kappa shape index (κ3) is 4.35. The number of carbonyl (C=O) groups is 1. The van der Waals surface area contributed by atoms with Crippen LogP contribution in [0.5, 0.6) is 11.5 Å². The van der Waals surface area contributed by atoms with Crippen molar-refractivity contribution in [1.82, 2.24) is 4.90 Å².